The van der Waals surface area contributed by atoms with Crippen molar-refractivity contribution in [2.24, 2.45) is 0 Å². The maximum absolute atomic E-state index is 13.4. The number of benzene rings is 3. The Balaban J connectivity index is 1.59. The van der Waals surface area contributed by atoms with Crippen LogP contribution in [0.5, 0.6) is 11.5 Å². The van der Waals surface area contributed by atoms with E-state index in [1.807, 2.05) is 87.6 Å². The van der Waals surface area contributed by atoms with Gasteiger partial charge < -0.3 is 14.8 Å². The molecule has 160 valence electrons. The van der Waals surface area contributed by atoms with E-state index in [1.165, 1.54) is 0 Å². The Hall–Kier alpha value is -3.31. The van der Waals surface area contributed by atoms with E-state index in [0.717, 1.165) is 39.4 Å². The van der Waals surface area contributed by atoms with Gasteiger partial charge in [-0.25, -0.2) is 0 Å². The zero-order valence-electron chi connectivity index (χ0n) is 18.2. The van der Waals surface area contributed by atoms with Gasteiger partial charge in [-0.2, -0.15) is 0 Å². The number of rotatable bonds is 6. The van der Waals surface area contributed by atoms with Gasteiger partial charge in [0.2, 0.25) is 5.91 Å². The second-order valence-corrected chi connectivity index (χ2v) is 8.01. The van der Waals surface area contributed by atoms with Crippen molar-refractivity contribution >= 4 is 11.6 Å². The van der Waals surface area contributed by atoms with Crippen molar-refractivity contribution in [2.75, 3.05) is 25.6 Å². The number of hydrogen-bond acceptors (Lipinski definition) is 4. The Kier molecular flexibility index (Phi) is 6.23. The zero-order chi connectivity index (χ0) is 21.8. The first kappa shape index (κ1) is 20.9. The number of amides is 1. The highest BCUT2D eigenvalue weighted by atomic mass is 16.6. The standard InChI is InChI=1S/C26H28N2O3/c1-18-9-10-19(2)22(15-18)27-26(29)25(21-7-5-4-6-8-21)28(3)17-20-11-12-23-24(16-20)31-14-13-30-23/h4-12,15-16,25H,13-14,17H2,1-3H3,(H,27,29)/t25-/m0/s1. The second kappa shape index (κ2) is 9.23. The number of nitrogens with one attached hydrogen (secondary N) is 1. The van der Waals surface area contributed by atoms with E-state index in [4.69, 9.17) is 9.47 Å². The van der Waals surface area contributed by atoms with Crippen molar-refractivity contribution in [3.05, 3.63) is 89.0 Å². The second-order valence-electron chi connectivity index (χ2n) is 8.01. The third kappa shape index (κ3) is 4.89. The quantitative estimate of drug-likeness (QED) is 0.622. The molecule has 0 bridgehead atoms. The third-order valence-corrected chi connectivity index (χ3v) is 5.49. The van der Waals surface area contributed by atoms with Gasteiger partial charge in [0.05, 0.1) is 0 Å². The van der Waals surface area contributed by atoms with Crippen LogP contribution in [0.15, 0.2) is 66.7 Å². The summed E-state index contributed by atoms with van der Waals surface area (Å²) in [5.74, 6) is 1.47. The lowest BCUT2D eigenvalue weighted by Gasteiger charge is -2.28. The number of carbonyl (C=O) groups is 1. The minimum Gasteiger partial charge on any atom is -0.486 e. The van der Waals surface area contributed by atoms with Crippen molar-refractivity contribution in [2.45, 2.75) is 26.4 Å². The summed E-state index contributed by atoms with van der Waals surface area (Å²) in [6, 6.07) is 21.5. The fourth-order valence-corrected chi connectivity index (χ4v) is 3.88. The van der Waals surface area contributed by atoms with Gasteiger partial charge in [-0.1, -0.05) is 48.5 Å². The Morgan fingerprint density at radius 2 is 1.71 bits per heavy atom. The number of carbonyl (C=O) groups excluding carboxylic acids is 1. The molecule has 0 saturated heterocycles. The smallest absolute Gasteiger partial charge is 0.246 e. The van der Waals surface area contributed by atoms with Gasteiger partial charge in [-0.05, 0) is 61.3 Å². The largest absolute Gasteiger partial charge is 0.486 e. The zero-order valence-corrected chi connectivity index (χ0v) is 18.2. The lowest BCUT2D eigenvalue weighted by molar-refractivity contribution is -0.121. The number of nitrogens with zero attached hydrogens (tertiary/aromatic N) is 1. The molecule has 1 aliphatic heterocycles. The molecule has 0 radical (unpaired) electrons. The van der Waals surface area contributed by atoms with Crippen LogP contribution < -0.4 is 14.8 Å². The predicted octanol–water partition coefficient (Wildman–Crippen LogP) is 4.89. The normalized spacial score (nSPS) is 13.7. The molecule has 0 aliphatic carbocycles. The third-order valence-electron chi connectivity index (χ3n) is 5.49. The number of fused-ring (bicyclic) bond motifs is 1. The highest BCUT2D eigenvalue weighted by molar-refractivity contribution is 5.96. The molecule has 5 heteroatoms. The molecule has 31 heavy (non-hydrogen) atoms. The first-order valence-electron chi connectivity index (χ1n) is 10.5. The summed E-state index contributed by atoms with van der Waals surface area (Å²) in [6.45, 7) is 5.75. The van der Waals surface area contributed by atoms with Gasteiger partial charge in [-0.3, -0.25) is 9.69 Å². The van der Waals surface area contributed by atoms with Crippen molar-refractivity contribution in [1.29, 1.82) is 0 Å². The average Bonchev–Trinajstić information content (AvgIpc) is 2.77. The van der Waals surface area contributed by atoms with Crippen LogP contribution in [-0.4, -0.2) is 31.1 Å². The molecule has 4 rings (SSSR count). The highest BCUT2D eigenvalue weighted by Crippen LogP contribution is 2.32. The van der Waals surface area contributed by atoms with Crippen LogP contribution in [0.1, 0.15) is 28.3 Å². The number of anilines is 1. The predicted molar refractivity (Wildman–Crippen MR) is 123 cm³/mol. The van der Waals surface area contributed by atoms with Crippen LogP contribution in [0, 0.1) is 13.8 Å². The summed E-state index contributed by atoms with van der Waals surface area (Å²) in [6.07, 6.45) is 0. The van der Waals surface area contributed by atoms with Crippen molar-refractivity contribution in [1.82, 2.24) is 4.90 Å². The van der Waals surface area contributed by atoms with Crippen molar-refractivity contribution in [3.8, 4) is 11.5 Å². The number of likely N-dealkylation sites (N-methyl/N-ethyl adjacent to an activating group) is 1. The van der Waals surface area contributed by atoms with Crippen molar-refractivity contribution in [3.63, 3.8) is 0 Å². The van der Waals surface area contributed by atoms with Gasteiger partial charge in [0.15, 0.2) is 11.5 Å². The summed E-state index contributed by atoms with van der Waals surface area (Å²) < 4.78 is 11.3. The SMILES string of the molecule is Cc1ccc(C)c(NC(=O)[C@H](c2ccccc2)N(C)Cc2ccc3c(c2)OCCO3)c1. The summed E-state index contributed by atoms with van der Waals surface area (Å²) in [5.41, 5.74) is 5.01. The van der Waals surface area contributed by atoms with Crippen LogP contribution in [-0.2, 0) is 11.3 Å². The summed E-state index contributed by atoms with van der Waals surface area (Å²) in [5, 5.41) is 3.14. The fourth-order valence-electron chi connectivity index (χ4n) is 3.88. The molecule has 1 amide bonds. The van der Waals surface area contributed by atoms with E-state index in [2.05, 4.69) is 10.2 Å². The Labute approximate surface area is 183 Å². The maximum atomic E-state index is 13.4. The van der Waals surface area contributed by atoms with Crippen LogP contribution in [0.25, 0.3) is 0 Å². The van der Waals surface area contributed by atoms with E-state index < -0.39 is 6.04 Å². The Morgan fingerprint density at radius 3 is 2.48 bits per heavy atom. The van der Waals surface area contributed by atoms with Gasteiger partial charge in [0.1, 0.15) is 19.3 Å². The molecule has 0 aromatic heterocycles. The monoisotopic (exact) mass is 416 g/mol. The maximum Gasteiger partial charge on any atom is 0.246 e. The van der Waals surface area contributed by atoms with Gasteiger partial charge in [-0.15, -0.1) is 0 Å². The lowest BCUT2D eigenvalue weighted by atomic mass is 10.0. The summed E-state index contributed by atoms with van der Waals surface area (Å²) >= 11 is 0. The van der Waals surface area contributed by atoms with Crippen LogP contribution in [0.2, 0.25) is 0 Å². The Morgan fingerprint density at radius 1 is 0.968 bits per heavy atom. The minimum absolute atomic E-state index is 0.0556. The lowest BCUT2D eigenvalue weighted by Crippen LogP contribution is -2.34. The van der Waals surface area contributed by atoms with Crippen LogP contribution in [0.4, 0.5) is 5.69 Å². The molecule has 1 heterocycles. The highest BCUT2D eigenvalue weighted by Gasteiger charge is 2.26. The Bertz CT molecular complexity index is 1070. The molecule has 0 fully saturated rings. The van der Waals surface area contributed by atoms with Gasteiger partial charge in [0.25, 0.3) is 0 Å². The summed E-state index contributed by atoms with van der Waals surface area (Å²) in [4.78, 5) is 15.5. The van der Waals surface area contributed by atoms with Crippen LogP contribution >= 0.6 is 0 Å². The molecular weight excluding hydrogens is 388 g/mol. The van der Waals surface area contributed by atoms with Gasteiger partial charge >= 0.3 is 0 Å². The topological polar surface area (TPSA) is 50.8 Å². The molecule has 3 aromatic rings. The van der Waals surface area contributed by atoms with E-state index in [1.54, 1.807) is 0 Å². The molecule has 1 N–H and O–H groups in total. The number of aryl methyl sites for hydroxylation is 2. The van der Waals surface area contributed by atoms with Crippen molar-refractivity contribution < 1.29 is 14.3 Å². The molecule has 1 atom stereocenters. The van der Waals surface area contributed by atoms with Gasteiger partial charge in [0, 0.05) is 12.2 Å². The first-order valence-corrected chi connectivity index (χ1v) is 10.5. The molecule has 5 nitrogen and oxygen atoms in total. The van der Waals surface area contributed by atoms with E-state index in [0.29, 0.717) is 19.8 Å². The fraction of sp³-hybridized carbons (Fsp3) is 0.269. The minimum atomic E-state index is -0.436. The molecular formula is C26H28N2O3. The molecule has 0 unspecified atom stereocenters. The number of ether oxygens (including phenoxy) is 2. The first-order chi connectivity index (χ1) is 15.0. The molecule has 0 spiro atoms. The van der Waals surface area contributed by atoms with Crippen LogP contribution in [0.3, 0.4) is 0 Å². The van der Waals surface area contributed by atoms with E-state index in [9.17, 15) is 4.79 Å². The number of hydrogen-bond donors (Lipinski definition) is 1. The average molecular weight is 417 g/mol. The van der Waals surface area contributed by atoms with E-state index >= 15 is 0 Å². The molecule has 1 aliphatic rings. The van der Waals surface area contributed by atoms with E-state index in [-0.39, 0.29) is 5.91 Å². The molecule has 0 saturated carbocycles. The molecule has 3 aromatic carbocycles. The summed E-state index contributed by atoms with van der Waals surface area (Å²) in [7, 11) is 1.97.